The van der Waals surface area contributed by atoms with Gasteiger partial charge in [0, 0.05) is 34.7 Å². The predicted molar refractivity (Wildman–Crippen MR) is 101 cm³/mol. The Morgan fingerprint density at radius 2 is 2.15 bits per heavy atom. The molecule has 26 heavy (non-hydrogen) atoms. The number of fused-ring (bicyclic) bond motifs is 2. The van der Waals surface area contributed by atoms with E-state index in [2.05, 4.69) is 25.4 Å². The van der Waals surface area contributed by atoms with Gasteiger partial charge >= 0.3 is 0 Å². The Kier molecular flexibility index (Phi) is 4.37. The molecule has 134 valence electrons. The topological polar surface area (TPSA) is 89.5 Å². The molecule has 0 spiro atoms. The maximum Gasteiger partial charge on any atom is 0.253 e. The molecule has 1 N–H and O–H groups in total. The first kappa shape index (κ1) is 17.0. The molecule has 1 amide bonds. The summed E-state index contributed by atoms with van der Waals surface area (Å²) in [6.45, 7) is 4.24. The lowest BCUT2D eigenvalue weighted by Crippen LogP contribution is -2.26. The molecule has 0 bridgehead atoms. The number of nitrogens with one attached hydrogen (secondary N) is 1. The quantitative estimate of drug-likeness (QED) is 0.527. The number of amides is 1. The highest BCUT2D eigenvalue weighted by atomic mass is 32.2. The van der Waals surface area contributed by atoms with E-state index >= 15 is 0 Å². The van der Waals surface area contributed by atoms with Crippen molar-refractivity contribution >= 4 is 39.7 Å². The zero-order chi connectivity index (χ0) is 18.3. The summed E-state index contributed by atoms with van der Waals surface area (Å²) in [5, 5.41) is 9.99. The zero-order valence-electron chi connectivity index (χ0n) is 14.6. The first-order chi connectivity index (χ1) is 12.5. The SMILES string of the molecule is CSc1nc2nc(C)c(CC(=O)NCc3cn4ccsc4n3)c(C)n2n1. The Morgan fingerprint density at radius 3 is 2.92 bits per heavy atom. The van der Waals surface area contributed by atoms with Crippen molar-refractivity contribution in [3.8, 4) is 0 Å². The molecular formula is C16H17N7OS2. The van der Waals surface area contributed by atoms with E-state index in [1.807, 2.05) is 42.3 Å². The maximum absolute atomic E-state index is 12.4. The minimum Gasteiger partial charge on any atom is -0.350 e. The molecule has 4 aromatic rings. The standard InChI is InChI=1S/C16H17N7OS2/c1-9-12(10(2)23-14(18-9)20-15(21-23)25-3)6-13(24)17-7-11-8-22-4-5-26-16(22)19-11/h4-5,8H,6-7H2,1-3H3,(H,17,24). The molecule has 0 saturated heterocycles. The lowest BCUT2D eigenvalue weighted by molar-refractivity contribution is -0.120. The van der Waals surface area contributed by atoms with Gasteiger partial charge in [-0.3, -0.25) is 9.20 Å². The fourth-order valence-corrected chi connectivity index (χ4v) is 3.86. The molecular weight excluding hydrogens is 370 g/mol. The molecule has 0 radical (unpaired) electrons. The van der Waals surface area contributed by atoms with E-state index in [9.17, 15) is 4.79 Å². The lowest BCUT2D eigenvalue weighted by Gasteiger charge is -2.10. The van der Waals surface area contributed by atoms with Crippen LogP contribution in [0.5, 0.6) is 0 Å². The average Bonchev–Trinajstić information content (AvgIpc) is 3.30. The number of thiazole rings is 1. The van der Waals surface area contributed by atoms with Gasteiger partial charge in [-0.15, -0.1) is 16.4 Å². The molecule has 0 atom stereocenters. The second-order valence-electron chi connectivity index (χ2n) is 5.85. The fraction of sp³-hybridized carbons (Fsp3) is 0.312. The van der Waals surface area contributed by atoms with Gasteiger partial charge in [-0.2, -0.15) is 4.98 Å². The normalized spacial score (nSPS) is 11.5. The molecule has 0 fully saturated rings. The molecule has 0 aromatic carbocycles. The Labute approximate surface area is 157 Å². The average molecular weight is 387 g/mol. The van der Waals surface area contributed by atoms with Gasteiger partial charge in [0.25, 0.3) is 5.78 Å². The third kappa shape index (κ3) is 3.06. The zero-order valence-corrected chi connectivity index (χ0v) is 16.2. The van der Waals surface area contributed by atoms with Crippen LogP contribution in [-0.2, 0) is 17.8 Å². The first-order valence-electron chi connectivity index (χ1n) is 8.00. The Hall–Kier alpha value is -2.46. The summed E-state index contributed by atoms with van der Waals surface area (Å²) < 4.78 is 3.65. The van der Waals surface area contributed by atoms with Crippen LogP contribution < -0.4 is 5.32 Å². The van der Waals surface area contributed by atoms with E-state index in [0.717, 1.165) is 27.6 Å². The van der Waals surface area contributed by atoms with Gasteiger partial charge in [-0.1, -0.05) is 11.8 Å². The van der Waals surface area contributed by atoms with Crippen molar-refractivity contribution in [3.63, 3.8) is 0 Å². The summed E-state index contributed by atoms with van der Waals surface area (Å²) in [5.41, 5.74) is 3.40. The summed E-state index contributed by atoms with van der Waals surface area (Å²) in [7, 11) is 0. The molecule has 8 nitrogen and oxygen atoms in total. The number of imidazole rings is 1. The van der Waals surface area contributed by atoms with Gasteiger partial charge in [0.2, 0.25) is 11.1 Å². The van der Waals surface area contributed by atoms with Crippen LogP contribution in [0.25, 0.3) is 10.7 Å². The van der Waals surface area contributed by atoms with E-state index < -0.39 is 0 Å². The van der Waals surface area contributed by atoms with Crippen molar-refractivity contribution in [1.29, 1.82) is 0 Å². The van der Waals surface area contributed by atoms with Crippen molar-refractivity contribution in [2.75, 3.05) is 6.26 Å². The van der Waals surface area contributed by atoms with Crippen LogP contribution >= 0.6 is 23.1 Å². The number of hydrogen-bond acceptors (Lipinski definition) is 7. The van der Waals surface area contributed by atoms with Crippen molar-refractivity contribution in [2.24, 2.45) is 0 Å². The molecule has 4 rings (SSSR count). The van der Waals surface area contributed by atoms with E-state index in [4.69, 9.17) is 0 Å². The summed E-state index contributed by atoms with van der Waals surface area (Å²) in [4.78, 5) is 26.7. The van der Waals surface area contributed by atoms with E-state index in [-0.39, 0.29) is 12.3 Å². The van der Waals surface area contributed by atoms with Crippen LogP contribution in [-0.4, -0.2) is 41.1 Å². The van der Waals surface area contributed by atoms with Crippen molar-refractivity contribution in [3.05, 3.63) is 40.4 Å². The third-order valence-electron chi connectivity index (χ3n) is 4.16. The smallest absolute Gasteiger partial charge is 0.253 e. The number of carbonyl (C=O) groups excluding carboxylic acids is 1. The summed E-state index contributed by atoms with van der Waals surface area (Å²) >= 11 is 3.03. The number of rotatable bonds is 5. The predicted octanol–water partition coefficient (Wildman–Crippen LogP) is 2.03. The molecule has 0 saturated carbocycles. The van der Waals surface area contributed by atoms with Crippen molar-refractivity contribution in [2.45, 2.75) is 32.0 Å². The largest absolute Gasteiger partial charge is 0.350 e. The van der Waals surface area contributed by atoms with Gasteiger partial charge in [-0.25, -0.2) is 14.5 Å². The second-order valence-corrected chi connectivity index (χ2v) is 7.50. The monoisotopic (exact) mass is 387 g/mol. The van der Waals surface area contributed by atoms with Gasteiger partial charge in [-0.05, 0) is 20.1 Å². The van der Waals surface area contributed by atoms with Crippen LogP contribution in [0.4, 0.5) is 0 Å². The van der Waals surface area contributed by atoms with Crippen LogP contribution in [0.15, 0.2) is 22.9 Å². The minimum atomic E-state index is -0.0705. The maximum atomic E-state index is 12.4. The van der Waals surface area contributed by atoms with Crippen molar-refractivity contribution in [1.82, 2.24) is 34.3 Å². The fourth-order valence-electron chi connectivity index (χ4n) is 2.81. The van der Waals surface area contributed by atoms with Crippen LogP contribution in [0.2, 0.25) is 0 Å². The van der Waals surface area contributed by atoms with Gasteiger partial charge in [0.05, 0.1) is 18.7 Å². The Balaban J connectivity index is 1.50. The number of aryl methyl sites for hydroxylation is 2. The number of thioether (sulfide) groups is 1. The van der Waals surface area contributed by atoms with Gasteiger partial charge in [0.15, 0.2) is 4.96 Å². The number of hydrogen-bond donors (Lipinski definition) is 1. The van der Waals surface area contributed by atoms with Crippen LogP contribution in [0.3, 0.4) is 0 Å². The van der Waals surface area contributed by atoms with E-state index in [1.165, 1.54) is 11.8 Å². The van der Waals surface area contributed by atoms with E-state index in [0.29, 0.717) is 17.5 Å². The molecule has 0 aliphatic rings. The number of carbonyl (C=O) groups is 1. The number of aromatic nitrogens is 6. The highest BCUT2D eigenvalue weighted by Crippen LogP contribution is 2.17. The van der Waals surface area contributed by atoms with Gasteiger partial charge in [0.1, 0.15) is 0 Å². The molecule has 4 heterocycles. The van der Waals surface area contributed by atoms with E-state index in [1.54, 1.807) is 15.9 Å². The van der Waals surface area contributed by atoms with Crippen LogP contribution in [0, 0.1) is 13.8 Å². The lowest BCUT2D eigenvalue weighted by atomic mass is 10.1. The highest BCUT2D eigenvalue weighted by molar-refractivity contribution is 7.98. The Morgan fingerprint density at radius 1 is 1.31 bits per heavy atom. The highest BCUT2D eigenvalue weighted by Gasteiger charge is 2.16. The molecule has 4 aromatic heterocycles. The summed E-state index contributed by atoms with van der Waals surface area (Å²) in [6, 6.07) is 0. The number of nitrogens with zero attached hydrogens (tertiary/aromatic N) is 6. The summed E-state index contributed by atoms with van der Waals surface area (Å²) in [6.07, 6.45) is 6.05. The third-order valence-corrected chi connectivity index (χ3v) is 5.47. The molecule has 10 heteroatoms. The minimum absolute atomic E-state index is 0.0705. The van der Waals surface area contributed by atoms with Crippen molar-refractivity contribution < 1.29 is 4.79 Å². The summed E-state index contributed by atoms with van der Waals surface area (Å²) in [5.74, 6) is 0.491. The molecule has 0 aliphatic heterocycles. The Bertz CT molecular complexity index is 1080. The molecule has 0 aliphatic carbocycles. The van der Waals surface area contributed by atoms with Crippen LogP contribution in [0.1, 0.15) is 22.6 Å². The first-order valence-corrected chi connectivity index (χ1v) is 10.1. The van der Waals surface area contributed by atoms with Gasteiger partial charge < -0.3 is 5.32 Å². The second kappa shape index (κ2) is 6.69. The molecule has 0 unspecified atom stereocenters.